The second-order valence-electron chi connectivity index (χ2n) is 5.87. The Labute approximate surface area is 150 Å². The second kappa shape index (κ2) is 8.71. The number of hydrogen-bond donors (Lipinski definition) is 2. The van der Waals surface area contributed by atoms with Crippen LogP contribution in [0.2, 0.25) is 0 Å². The summed E-state index contributed by atoms with van der Waals surface area (Å²) in [4.78, 5) is 12.1. The SMILES string of the molecule is COc1ccc(CNC(=O)[C@H](C)NCc2cccc(C(F)(F)F)c2)cc1. The van der Waals surface area contributed by atoms with Crippen LogP contribution in [0, 0.1) is 0 Å². The summed E-state index contributed by atoms with van der Waals surface area (Å²) < 4.78 is 43.2. The molecule has 0 heterocycles. The first-order chi connectivity index (χ1) is 12.3. The van der Waals surface area contributed by atoms with Crippen LogP contribution in [0.1, 0.15) is 23.6 Å². The van der Waals surface area contributed by atoms with Gasteiger partial charge in [0, 0.05) is 13.1 Å². The summed E-state index contributed by atoms with van der Waals surface area (Å²) in [5.74, 6) is 0.504. The quantitative estimate of drug-likeness (QED) is 0.789. The van der Waals surface area contributed by atoms with Gasteiger partial charge in [0.1, 0.15) is 5.75 Å². The summed E-state index contributed by atoms with van der Waals surface area (Å²) in [6.07, 6.45) is -4.38. The molecule has 7 heteroatoms. The molecular weight excluding hydrogens is 345 g/mol. The molecule has 0 aliphatic heterocycles. The molecule has 0 aromatic heterocycles. The van der Waals surface area contributed by atoms with Crippen molar-refractivity contribution in [2.75, 3.05) is 7.11 Å². The molecule has 2 aromatic rings. The number of alkyl halides is 3. The largest absolute Gasteiger partial charge is 0.497 e. The van der Waals surface area contributed by atoms with Crippen molar-refractivity contribution >= 4 is 5.91 Å². The Balaban J connectivity index is 1.83. The second-order valence-corrected chi connectivity index (χ2v) is 5.87. The van der Waals surface area contributed by atoms with Gasteiger partial charge in [-0.25, -0.2) is 0 Å². The fourth-order valence-electron chi connectivity index (χ4n) is 2.31. The Bertz CT molecular complexity index is 730. The molecule has 2 aromatic carbocycles. The predicted molar refractivity (Wildman–Crippen MR) is 92.6 cm³/mol. The van der Waals surface area contributed by atoms with Gasteiger partial charge in [0.2, 0.25) is 5.91 Å². The highest BCUT2D eigenvalue weighted by atomic mass is 19.4. The van der Waals surface area contributed by atoms with Gasteiger partial charge in [-0.2, -0.15) is 13.2 Å². The number of methoxy groups -OCH3 is 1. The molecular formula is C19H21F3N2O2. The molecule has 2 N–H and O–H groups in total. The first-order valence-electron chi connectivity index (χ1n) is 8.10. The van der Waals surface area contributed by atoms with Crippen LogP contribution >= 0.6 is 0 Å². The van der Waals surface area contributed by atoms with Crippen molar-refractivity contribution in [1.82, 2.24) is 10.6 Å². The van der Waals surface area contributed by atoms with E-state index in [0.29, 0.717) is 12.1 Å². The number of carbonyl (C=O) groups is 1. The van der Waals surface area contributed by atoms with Gasteiger partial charge in [-0.15, -0.1) is 0 Å². The van der Waals surface area contributed by atoms with E-state index >= 15 is 0 Å². The van der Waals surface area contributed by atoms with Crippen molar-refractivity contribution in [3.8, 4) is 5.75 Å². The molecule has 0 saturated carbocycles. The zero-order chi connectivity index (χ0) is 19.2. The third-order valence-corrected chi connectivity index (χ3v) is 3.89. The number of carbonyl (C=O) groups excluding carboxylic acids is 1. The van der Waals surface area contributed by atoms with Crippen LogP contribution in [0.4, 0.5) is 13.2 Å². The van der Waals surface area contributed by atoms with Crippen molar-refractivity contribution in [1.29, 1.82) is 0 Å². The van der Waals surface area contributed by atoms with E-state index < -0.39 is 17.8 Å². The first-order valence-corrected chi connectivity index (χ1v) is 8.10. The van der Waals surface area contributed by atoms with Crippen molar-refractivity contribution in [3.05, 3.63) is 65.2 Å². The standard InChI is InChI=1S/C19H21F3N2O2/c1-13(18(25)24-11-14-6-8-17(26-2)9-7-14)23-12-15-4-3-5-16(10-15)19(20,21)22/h3-10,13,23H,11-12H2,1-2H3,(H,24,25)/t13-/m0/s1. The molecule has 26 heavy (non-hydrogen) atoms. The van der Waals surface area contributed by atoms with Gasteiger partial charge < -0.3 is 15.4 Å². The fourth-order valence-corrected chi connectivity index (χ4v) is 2.31. The van der Waals surface area contributed by atoms with E-state index in [2.05, 4.69) is 10.6 Å². The van der Waals surface area contributed by atoms with Gasteiger partial charge in [0.05, 0.1) is 18.7 Å². The molecule has 2 rings (SSSR count). The third kappa shape index (κ3) is 5.77. The van der Waals surface area contributed by atoms with E-state index in [-0.39, 0.29) is 12.5 Å². The molecule has 0 bridgehead atoms. The van der Waals surface area contributed by atoms with Crippen LogP contribution < -0.4 is 15.4 Å². The Morgan fingerprint density at radius 2 is 1.77 bits per heavy atom. The highest BCUT2D eigenvalue weighted by Gasteiger charge is 2.30. The minimum Gasteiger partial charge on any atom is -0.497 e. The summed E-state index contributed by atoms with van der Waals surface area (Å²) in [6, 6.07) is 11.8. The fraction of sp³-hybridized carbons (Fsp3) is 0.316. The highest BCUT2D eigenvalue weighted by molar-refractivity contribution is 5.81. The zero-order valence-electron chi connectivity index (χ0n) is 14.6. The molecule has 1 amide bonds. The maximum absolute atomic E-state index is 12.7. The molecule has 4 nitrogen and oxygen atoms in total. The lowest BCUT2D eigenvalue weighted by Crippen LogP contribution is -2.41. The summed E-state index contributed by atoms with van der Waals surface area (Å²) in [5.41, 5.74) is 0.687. The maximum atomic E-state index is 12.7. The van der Waals surface area contributed by atoms with Gasteiger partial charge in [-0.1, -0.05) is 30.3 Å². The Hall–Kier alpha value is -2.54. The van der Waals surface area contributed by atoms with Crippen LogP contribution in [0.25, 0.3) is 0 Å². The van der Waals surface area contributed by atoms with Crippen LogP contribution in [-0.4, -0.2) is 19.1 Å². The Morgan fingerprint density at radius 3 is 2.38 bits per heavy atom. The lowest BCUT2D eigenvalue weighted by molar-refractivity contribution is -0.137. The summed E-state index contributed by atoms with van der Waals surface area (Å²) in [7, 11) is 1.58. The number of benzene rings is 2. The van der Waals surface area contributed by atoms with E-state index in [4.69, 9.17) is 4.74 Å². The third-order valence-electron chi connectivity index (χ3n) is 3.89. The number of nitrogens with one attached hydrogen (secondary N) is 2. The van der Waals surface area contributed by atoms with Gasteiger partial charge in [0.25, 0.3) is 0 Å². The molecule has 0 aliphatic carbocycles. The predicted octanol–water partition coefficient (Wildman–Crippen LogP) is 3.51. The van der Waals surface area contributed by atoms with E-state index in [1.807, 2.05) is 12.1 Å². The van der Waals surface area contributed by atoms with Crippen LogP contribution in [-0.2, 0) is 24.1 Å². The molecule has 0 radical (unpaired) electrons. The van der Waals surface area contributed by atoms with Crippen molar-refractivity contribution in [3.63, 3.8) is 0 Å². The van der Waals surface area contributed by atoms with Gasteiger partial charge in [0.15, 0.2) is 0 Å². The van der Waals surface area contributed by atoms with Gasteiger partial charge in [-0.3, -0.25) is 4.79 Å². The van der Waals surface area contributed by atoms with Crippen LogP contribution in [0.3, 0.4) is 0 Å². The number of ether oxygens (including phenoxy) is 1. The van der Waals surface area contributed by atoms with E-state index in [1.165, 1.54) is 6.07 Å². The topological polar surface area (TPSA) is 50.4 Å². The number of amides is 1. The molecule has 0 unspecified atom stereocenters. The number of halogens is 3. The smallest absolute Gasteiger partial charge is 0.416 e. The highest BCUT2D eigenvalue weighted by Crippen LogP contribution is 2.29. The molecule has 0 aliphatic rings. The van der Waals surface area contributed by atoms with Crippen molar-refractivity contribution < 1.29 is 22.7 Å². The molecule has 0 saturated heterocycles. The summed E-state index contributed by atoms with van der Waals surface area (Å²) in [5, 5.41) is 5.72. The van der Waals surface area contributed by atoms with E-state index in [9.17, 15) is 18.0 Å². The minimum atomic E-state index is -4.38. The van der Waals surface area contributed by atoms with E-state index in [0.717, 1.165) is 23.4 Å². The molecule has 140 valence electrons. The van der Waals surface area contributed by atoms with E-state index in [1.54, 1.807) is 32.2 Å². The van der Waals surface area contributed by atoms with Crippen molar-refractivity contribution in [2.24, 2.45) is 0 Å². The monoisotopic (exact) mass is 366 g/mol. The summed E-state index contributed by atoms with van der Waals surface area (Å²) >= 11 is 0. The minimum absolute atomic E-state index is 0.168. The molecule has 1 atom stereocenters. The lowest BCUT2D eigenvalue weighted by Gasteiger charge is -2.15. The maximum Gasteiger partial charge on any atom is 0.416 e. The number of rotatable bonds is 7. The average Bonchev–Trinajstić information content (AvgIpc) is 2.64. The van der Waals surface area contributed by atoms with Crippen LogP contribution in [0.15, 0.2) is 48.5 Å². The Kier molecular flexibility index (Phi) is 6.63. The summed E-state index contributed by atoms with van der Waals surface area (Å²) in [6.45, 7) is 2.19. The normalized spacial score (nSPS) is 12.5. The number of hydrogen-bond acceptors (Lipinski definition) is 3. The van der Waals surface area contributed by atoms with Crippen molar-refractivity contribution in [2.45, 2.75) is 32.2 Å². The van der Waals surface area contributed by atoms with Gasteiger partial charge >= 0.3 is 6.18 Å². The van der Waals surface area contributed by atoms with Crippen LogP contribution in [0.5, 0.6) is 5.75 Å². The van der Waals surface area contributed by atoms with Gasteiger partial charge in [-0.05, 0) is 36.2 Å². The lowest BCUT2D eigenvalue weighted by atomic mass is 10.1. The molecule has 0 spiro atoms. The molecule has 0 fully saturated rings. The zero-order valence-corrected chi connectivity index (χ0v) is 14.6. The first kappa shape index (κ1) is 19.8. The Morgan fingerprint density at radius 1 is 1.08 bits per heavy atom. The average molecular weight is 366 g/mol.